The molecule has 0 saturated heterocycles. The van der Waals surface area contributed by atoms with Gasteiger partial charge in [0.2, 0.25) is 0 Å². The van der Waals surface area contributed by atoms with Crippen LogP contribution in [0.4, 0.5) is 0 Å². The van der Waals surface area contributed by atoms with Gasteiger partial charge in [-0.15, -0.1) is 0 Å². The minimum Gasteiger partial charge on any atom is -0.178 e. The third-order valence-electron chi connectivity index (χ3n) is 3.53. The number of aryl methyl sites for hydroxylation is 1. The lowest BCUT2D eigenvalue weighted by Crippen LogP contribution is -2.23. The first-order valence-corrected chi connectivity index (χ1v) is 6.08. The van der Waals surface area contributed by atoms with E-state index in [9.17, 15) is 0 Å². The average Bonchev–Trinajstić information content (AvgIpc) is 2.68. The zero-order valence-electron chi connectivity index (χ0n) is 8.79. The minimum absolute atomic E-state index is 0.386. The third kappa shape index (κ3) is 1.70. The standard InChI is InChI=1S/C13H18S/c1-11-4-6-12(7-5-11)13(10-14)8-2-3-9-13/h4-7,14H,2-3,8-10H2,1H3. The van der Waals surface area contributed by atoms with Crippen molar-refractivity contribution in [3.8, 4) is 0 Å². The zero-order valence-corrected chi connectivity index (χ0v) is 9.69. The molecule has 76 valence electrons. The van der Waals surface area contributed by atoms with E-state index in [0.29, 0.717) is 5.41 Å². The molecule has 0 N–H and O–H groups in total. The van der Waals surface area contributed by atoms with E-state index in [1.807, 2.05) is 0 Å². The molecule has 0 aromatic heterocycles. The molecule has 1 aromatic carbocycles. The SMILES string of the molecule is Cc1ccc(C2(CS)CCCC2)cc1. The van der Waals surface area contributed by atoms with Crippen molar-refractivity contribution in [1.82, 2.24) is 0 Å². The van der Waals surface area contributed by atoms with E-state index in [2.05, 4.69) is 43.8 Å². The highest BCUT2D eigenvalue weighted by Crippen LogP contribution is 2.41. The second kappa shape index (κ2) is 3.98. The topological polar surface area (TPSA) is 0 Å². The third-order valence-corrected chi connectivity index (χ3v) is 4.13. The molecular formula is C13H18S. The van der Waals surface area contributed by atoms with Crippen LogP contribution in [0.25, 0.3) is 0 Å². The van der Waals surface area contributed by atoms with Crippen molar-refractivity contribution in [3.05, 3.63) is 35.4 Å². The van der Waals surface area contributed by atoms with E-state index in [4.69, 9.17) is 0 Å². The largest absolute Gasteiger partial charge is 0.178 e. The Morgan fingerprint density at radius 3 is 2.21 bits per heavy atom. The fraction of sp³-hybridized carbons (Fsp3) is 0.538. The summed E-state index contributed by atoms with van der Waals surface area (Å²) >= 11 is 4.54. The summed E-state index contributed by atoms with van der Waals surface area (Å²) in [5, 5.41) is 0. The summed E-state index contributed by atoms with van der Waals surface area (Å²) in [6.07, 6.45) is 5.38. The molecule has 14 heavy (non-hydrogen) atoms. The van der Waals surface area contributed by atoms with E-state index in [0.717, 1.165) is 5.75 Å². The summed E-state index contributed by atoms with van der Waals surface area (Å²) < 4.78 is 0. The van der Waals surface area contributed by atoms with Crippen LogP contribution in [0.5, 0.6) is 0 Å². The second-order valence-electron chi connectivity index (χ2n) is 4.51. The van der Waals surface area contributed by atoms with Crippen LogP contribution in [0.15, 0.2) is 24.3 Å². The monoisotopic (exact) mass is 206 g/mol. The summed E-state index contributed by atoms with van der Waals surface area (Å²) in [7, 11) is 0. The van der Waals surface area contributed by atoms with Crippen molar-refractivity contribution in [1.29, 1.82) is 0 Å². The van der Waals surface area contributed by atoms with E-state index in [-0.39, 0.29) is 0 Å². The van der Waals surface area contributed by atoms with E-state index < -0.39 is 0 Å². The Hall–Kier alpha value is -0.430. The maximum atomic E-state index is 4.54. The molecule has 1 aliphatic rings. The normalized spacial score (nSPS) is 19.9. The van der Waals surface area contributed by atoms with Gasteiger partial charge in [0.1, 0.15) is 0 Å². The van der Waals surface area contributed by atoms with Crippen LogP contribution in [-0.4, -0.2) is 5.75 Å². The van der Waals surface area contributed by atoms with Crippen LogP contribution in [-0.2, 0) is 5.41 Å². The summed E-state index contributed by atoms with van der Waals surface area (Å²) in [5.41, 5.74) is 3.23. The number of thiol groups is 1. The van der Waals surface area contributed by atoms with Gasteiger partial charge in [-0.3, -0.25) is 0 Å². The minimum atomic E-state index is 0.386. The maximum absolute atomic E-state index is 4.54. The fourth-order valence-corrected chi connectivity index (χ4v) is 3.00. The Balaban J connectivity index is 2.31. The van der Waals surface area contributed by atoms with Crippen LogP contribution in [0.3, 0.4) is 0 Å². The van der Waals surface area contributed by atoms with Gasteiger partial charge in [0, 0.05) is 5.41 Å². The van der Waals surface area contributed by atoms with Crippen LogP contribution in [0.1, 0.15) is 36.8 Å². The lowest BCUT2D eigenvalue weighted by molar-refractivity contribution is 0.503. The molecule has 0 radical (unpaired) electrons. The van der Waals surface area contributed by atoms with E-state index >= 15 is 0 Å². The van der Waals surface area contributed by atoms with Gasteiger partial charge in [-0.2, -0.15) is 12.6 Å². The lowest BCUT2D eigenvalue weighted by Gasteiger charge is -2.27. The number of rotatable bonds is 2. The van der Waals surface area contributed by atoms with Crippen molar-refractivity contribution in [2.45, 2.75) is 38.0 Å². The molecular weight excluding hydrogens is 188 g/mol. The molecule has 2 rings (SSSR count). The van der Waals surface area contributed by atoms with Gasteiger partial charge in [0.15, 0.2) is 0 Å². The van der Waals surface area contributed by atoms with E-state index in [1.165, 1.54) is 36.8 Å². The highest BCUT2D eigenvalue weighted by Gasteiger charge is 2.33. The van der Waals surface area contributed by atoms with Crippen molar-refractivity contribution in [2.75, 3.05) is 5.75 Å². The van der Waals surface area contributed by atoms with Gasteiger partial charge in [0.25, 0.3) is 0 Å². The summed E-state index contributed by atoms with van der Waals surface area (Å²) in [6, 6.07) is 9.02. The first-order valence-electron chi connectivity index (χ1n) is 5.45. The average molecular weight is 206 g/mol. The smallest absolute Gasteiger partial charge is 0.00410 e. The Morgan fingerprint density at radius 2 is 1.71 bits per heavy atom. The molecule has 0 heterocycles. The van der Waals surface area contributed by atoms with Gasteiger partial charge in [-0.05, 0) is 31.1 Å². The Bertz CT molecular complexity index is 294. The first-order chi connectivity index (χ1) is 6.77. The van der Waals surface area contributed by atoms with Crippen LogP contribution in [0, 0.1) is 6.92 Å². The number of hydrogen-bond acceptors (Lipinski definition) is 1. The van der Waals surface area contributed by atoms with E-state index in [1.54, 1.807) is 0 Å². The molecule has 1 heteroatoms. The predicted molar refractivity (Wildman–Crippen MR) is 65.2 cm³/mol. The van der Waals surface area contributed by atoms with Crippen molar-refractivity contribution in [3.63, 3.8) is 0 Å². The Kier molecular flexibility index (Phi) is 2.87. The van der Waals surface area contributed by atoms with Crippen molar-refractivity contribution < 1.29 is 0 Å². The second-order valence-corrected chi connectivity index (χ2v) is 4.83. The molecule has 1 saturated carbocycles. The first kappa shape index (κ1) is 10.1. The quantitative estimate of drug-likeness (QED) is 0.700. The number of benzene rings is 1. The molecule has 0 amide bonds. The zero-order chi connectivity index (χ0) is 10.0. The molecule has 0 nitrogen and oxygen atoms in total. The summed E-state index contributed by atoms with van der Waals surface area (Å²) in [5.74, 6) is 0.996. The van der Waals surface area contributed by atoms with Gasteiger partial charge in [-0.25, -0.2) is 0 Å². The predicted octanol–water partition coefficient (Wildman–Crippen LogP) is 3.74. The van der Waals surface area contributed by atoms with Crippen LogP contribution >= 0.6 is 12.6 Å². The molecule has 0 atom stereocenters. The fourth-order valence-electron chi connectivity index (χ4n) is 2.50. The summed E-state index contributed by atoms with van der Waals surface area (Å²) in [6.45, 7) is 2.14. The van der Waals surface area contributed by atoms with Crippen LogP contribution in [0.2, 0.25) is 0 Å². The molecule has 0 aliphatic heterocycles. The Morgan fingerprint density at radius 1 is 1.14 bits per heavy atom. The van der Waals surface area contributed by atoms with Crippen molar-refractivity contribution in [2.24, 2.45) is 0 Å². The van der Waals surface area contributed by atoms with Gasteiger partial charge in [-0.1, -0.05) is 42.7 Å². The van der Waals surface area contributed by atoms with Gasteiger partial charge >= 0.3 is 0 Å². The molecule has 0 spiro atoms. The molecule has 1 aliphatic carbocycles. The number of hydrogen-bond donors (Lipinski definition) is 1. The van der Waals surface area contributed by atoms with Gasteiger partial charge in [0.05, 0.1) is 0 Å². The molecule has 0 bridgehead atoms. The molecule has 1 aromatic rings. The van der Waals surface area contributed by atoms with Crippen LogP contribution < -0.4 is 0 Å². The van der Waals surface area contributed by atoms with Crippen molar-refractivity contribution >= 4 is 12.6 Å². The molecule has 1 fully saturated rings. The Labute approximate surface area is 92.1 Å². The summed E-state index contributed by atoms with van der Waals surface area (Å²) in [4.78, 5) is 0. The lowest BCUT2D eigenvalue weighted by atomic mass is 9.80. The maximum Gasteiger partial charge on any atom is 0.00410 e. The highest BCUT2D eigenvalue weighted by atomic mass is 32.1. The molecule has 0 unspecified atom stereocenters. The highest BCUT2D eigenvalue weighted by molar-refractivity contribution is 7.80. The van der Waals surface area contributed by atoms with Gasteiger partial charge < -0.3 is 0 Å².